The number of halogens is 1. The van der Waals surface area contributed by atoms with Gasteiger partial charge in [-0.25, -0.2) is 8.42 Å². The van der Waals surface area contributed by atoms with Gasteiger partial charge < -0.3 is 10.2 Å². The summed E-state index contributed by atoms with van der Waals surface area (Å²) in [5.41, 5.74) is 1.96. The minimum atomic E-state index is -3.86. The van der Waals surface area contributed by atoms with Crippen molar-refractivity contribution in [1.29, 1.82) is 0 Å². The highest BCUT2D eigenvalue weighted by atomic mass is 35.5. The van der Waals surface area contributed by atoms with E-state index in [1.807, 2.05) is 18.2 Å². The molecule has 0 radical (unpaired) electrons. The normalized spacial score (nSPS) is 17.0. The Hall–Kier alpha value is -2.09. The van der Waals surface area contributed by atoms with Crippen LogP contribution in [0.2, 0.25) is 5.02 Å². The number of amides is 1. The predicted molar refractivity (Wildman–Crippen MR) is 119 cm³/mol. The lowest BCUT2D eigenvalue weighted by Gasteiger charge is -2.26. The van der Waals surface area contributed by atoms with Crippen LogP contribution in [0.1, 0.15) is 35.2 Å². The van der Waals surface area contributed by atoms with Gasteiger partial charge in [-0.15, -0.1) is 0 Å². The largest absolute Gasteiger partial charge is 0.351 e. The first-order valence-corrected chi connectivity index (χ1v) is 12.2. The van der Waals surface area contributed by atoms with Crippen molar-refractivity contribution in [3.8, 4) is 0 Å². The maximum absolute atomic E-state index is 13.3. The molecular formula is C22H26ClN3O3S. The number of hydrogen-bond donors (Lipinski definition) is 1. The average Bonchev–Trinajstić information content (AvgIpc) is 3.20. The zero-order valence-electron chi connectivity index (χ0n) is 16.8. The molecule has 2 aliphatic rings. The van der Waals surface area contributed by atoms with Crippen LogP contribution in [0.4, 0.5) is 5.69 Å². The van der Waals surface area contributed by atoms with Crippen molar-refractivity contribution in [3.05, 3.63) is 58.6 Å². The van der Waals surface area contributed by atoms with Crippen molar-refractivity contribution in [2.24, 2.45) is 0 Å². The van der Waals surface area contributed by atoms with E-state index >= 15 is 0 Å². The Morgan fingerprint density at radius 1 is 1.03 bits per heavy atom. The van der Waals surface area contributed by atoms with Gasteiger partial charge in [0.25, 0.3) is 15.9 Å². The molecule has 0 saturated carbocycles. The number of rotatable bonds is 6. The number of piperidine rings is 1. The van der Waals surface area contributed by atoms with Crippen LogP contribution in [0.3, 0.4) is 0 Å². The monoisotopic (exact) mass is 447 g/mol. The lowest BCUT2D eigenvalue weighted by molar-refractivity contribution is 0.0946. The van der Waals surface area contributed by atoms with Crippen LogP contribution >= 0.6 is 11.6 Å². The number of carbonyl (C=O) groups is 1. The highest BCUT2D eigenvalue weighted by Gasteiger charge is 2.32. The summed E-state index contributed by atoms with van der Waals surface area (Å²) >= 11 is 6.25. The Morgan fingerprint density at radius 3 is 2.60 bits per heavy atom. The lowest BCUT2D eigenvalue weighted by Crippen LogP contribution is -2.37. The Labute approximate surface area is 182 Å². The van der Waals surface area contributed by atoms with Crippen LogP contribution in [0.25, 0.3) is 0 Å². The van der Waals surface area contributed by atoms with Crippen LogP contribution in [0.5, 0.6) is 0 Å². The van der Waals surface area contributed by atoms with Crippen LogP contribution in [0, 0.1) is 0 Å². The number of fused-ring (bicyclic) bond motifs is 1. The molecule has 1 N–H and O–H groups in total. The van der Waals surface area contributed by atoms with Gasteiger partial charge in [-0.05, 0) is 62.2 Å². The van der Waals surface area contributed by atoms with Gasteiger partial charge in [-0.3, -0.25) is 9.10 Å². The van der Waals surface area contributed by atoms with Crippen molar-refractivity contribution in [2.75, 3.05) is 37.0 Å². The Bertz CT molecular complexity index is 1040. The first-order chi connectivity index (χ1) is 14.5. The van der Waals surface area contributed by atoms with Crippen molar-refractivity contribution in [1.82, 2.24) is 10.2 Å². The number of carbonyl (C=O) groups excluding carboxylic acids is 1. The number of nitrogens with one attached hydrogen (secondary N) is 1. The summed E-state index contributed by atoms with van der Waals surface area (Å²) in [6, 6.07) is 11.9. The fourth-order valence-corrected chi connectivity index (χ4v) is 6.14. The standard InChI is InChI=1S/C22H26ClN3O3S/c23-19-9-8-18(22(27)24-11-15-25-12-4-1-5-13-25)16-21(19)30(28,29)26-14-10-17-6-2-3-7-20(17)26/h2-3,6-9,16H,1,4-5,10-15H2,(H,24,27). The predicted octanol–water partition coefficient (Wildman–Crippen LogP) is 3.31. The number of hydrogen-bond acceptors (Lipinski definition) is 4. The van der Waals surface area contributed by atoms with Crippen molar-refractivity contribution < 1.29 is 13.2 Å². The minimum absolute atomic E-state index is 0.0375. The van der Waals surface area contributed by atoms with Gasteiger partial charge in [0.2, 0.25) is 0 Å². The molecule has 0 aliphatic carbocycles. The molecule has 4 rings (SSSR count). The van der Waals surface area contributed by atoms with Gasteiger partial charge in [-0.2, -0.15) is 0 Å². The van der Waals surface area contributed by atoms with E-state index in [4.69, 9.17) is 11.6 Å². The zero-order valence-corrected chi connectivity index (χ0v) is 18.4. The molecule has 0 atom stereocenters. The Kier molecular flexibility index (Phi) is 6.32. The molecule has 1 saturated heterocycles. The van der Waals surface area contributed by atoms with E-state index in [9.17, 15) is 13.2 Å². The van der Waals surface area contributed by atoms with E-state index in [0.717, 1.165) is 25.2 Å². The van der Waals surface area contributed by atoms with E-state index < -0.39 is 10.0 Å². The molecule has 8 heteroatoms. The number of sulfonamides is 1. The second-order valence-electron chi connectivity index (χ2n) is 7.76. The van der Waals surface area contributed by atoms with Gasteiger partial charge in [0.1, 0.15) is 4.90 Å². The molecule has 0 spiro atoms. The SMILES string of the molecule is O=C(NCCN1CCCCC1)c1ccc(Cl)c(S(=O)(=O)N2CCc3ccccc32)c1. The second kappa shape index (κ2) is 8.96. The van der Waals surface area contributed by atoms with Crippen molar-refractivity contribution >= 4 is 33.2 Å². The molecule has 2 aromatic carbocycles. The van der Waals surface area contributed by atoms with Gasteiger partial charge in [0, 0.05) is 25.2 Å². The molecule has 160 valence electrons. The third-order valence-electron chi connectivity index (χ3n) is 5.77. The molecule has 0 unspecified atom stereocenters. The molecule has 2 aliphatic heterocycles. The Balaban J connectivity index is 1.49. The highest BCUT2D eigenvalue weighted by molar-refractivity contribution is 7.93. The molecular weight excluding hydrogens is 422 g/mol. The van der Waals surface area contributed by atoms with E-state index in [1.165, 1.54) is 35.7 Å². The molecule has 30 heavy (non-hydrogen) atoms. The number of nitrogens with zero attached hydrogens (tertiary/aromatic N) is 2. The lowest BCUT2D eigenvalue weighted by atomic mass is 10.1. The number of likely N-dealkylation sites (tertiary alicyclic amines) is 1. The molecule has 1 fully saturated rings. The van der Waals surface area contributed by atoms with Crippen molar-refractivity contribution in [3.63, 3.8) is 0 Å². The first-order valence-electron chi connectivity index (χ1n) is 10.4. The van der Waals surface area contributed by atoms with Crippen LogP contribution in [0.15, 0.2) is 47.4 Å². The average molecular weight is 448 g/mol. The molecule has 0 bridgehead atoms. The van der Waals surface area contributed by atoms with Crippen LogP contribution < -0.4 is 9.62 Å². The summed E-state index contributed by atoms with van der Waals surface area (Å²) in [6.07, 6.45) is 4.33. The van der Waals surface area contributed by atoms with Crippen molar-refractivity contribution in [2.45, 2.75) is 30.6 Å². The Morgan fingerprint density at radius 2 is 1.80 bits per heavy atom. The number of para-hydroxylation sites is 1. The summed E-state index contributed by atoms with van der Waals surface area (Å²) in [5, 5.41) is 3.01. The quantitative estimate of drug-likeness (QED) is 0.737. The topological polar surface area (TPSA) is 69.7 Å². The zero-order chi connectivity index (χ0) is 21.1. The molecule has 1 amide bonds. The van der Waals surface area contributed by atoms with Gasteiger partial charge >= 0.3 is 0 Å². The second-order valence-corrected chi connectivity index (χ2v) is 10.00. The summed E-state index contributed by atoms with van der Waals surface area (Å²) in [4.78, 5) is 14.9. The molecule has 2 heterocycles. The maximum Gasteiger partial charge on any atom is 0.265 e. The number of benzene rings is 2. The maximum atomic E-state index is 13.3. The number of anilines is 1. The third kappa shape index (κ3) is 4.33. The highest BCUT2D eigenvalue weighted by Crippen LogP contribution is 2.35. The van der Waals surface area contributed by atoms with E-state index in [0.29, 0.717) is 30.8 Å². The van der Waals surface area contributed by atoms with E-state index in [1.54, 1.807) is 12.1 Å². The van der Waals surface area contributed by atoms with Gasteiger partial charge in [0.15, 0.2) is 0 Å². The summed E-state index contributed by atoms with van der Waals surface area (Å²) in [6.45, 7) is 3.83. The fourth-order valence-electron chi connectivity index (χ4n) is 4.13. The summed E-state index contributed by atoms with van der Waals surface area (Å²) in [7, 11) is -3.86. The van der Waals surface area contributed by atoms with Crippen LogP contribution in [-0.2, 0) is 16.4 Å². The minimum Gasteiger partial charge on any atom is -0.351 e. The fraction of sp³-hybridized carbons (Fsp3) is 0.409. The molecule has 2 aromatic rings. The summed E-state index contributed by atoms with van der Waals surface area (Å²) < 4.78 is 28.0. The molecule has 6 nitrogen and oxygen atoms in total. The van der Waals surface area contributed by atoms with Gasteiger partial charge in [-0.1, -0.05) is 36.2 Å². The van der Waals surface area contributed by atoms with E-state index in [-0.39, 0.29) is 15.8 Å². The van der Waals surface area contributed by atoms with Gasteiger partial charge in [0.05, 0.1) is 10.7 Å². The summed E-state index contributed by atoms with van der Waals surface area (Å²) in [5.74, 6) is -0.290. The third-order valence-corrected chi connectivity index (χ3v) is 8.06. The van der Waals surface area contributed by atoms with Crippen LogP contribution in [-0.4, -0.2) is 51.9 Å². The van der Waals surface area contributed by atoms with E-state index in [2.05, 4.69) is 10.2 Å². The molecule has 0 aromatic heterocycles. The first kappa shape index (κ1) is 21.2. The smallest absolute Gasteiger partial charge is 0.265 e.